The van der Waals surface area contributed by atoms with Crippen LogP contribution in [0, 0.1) is 0 Å². The number of aliphatic carboxylic acids is 1. The quantitative estimate of drug-likeness (QED) is 0.0228. The summed E-state index contributed by atoms with van der Waals surface area (Å²) in [5.74, 6) is -3.31. The van der Waals surface area contributed by atoms with Crippen LogP contribution in [0.15, 0.2) is 97.2 Å². The number of carbonyl (C=O) groups excluding carboxylic acids is 3. The molecule has 6 atom stereocenters. The Hall–Kier alpha value is -4.36. The van der Waals surface area contributed by atoms with Crippen molar-refractivity contribution in [1.82, 2.24) is 0 Å². The molecule has 1 aliphatic rings. The van der Waals surface area contributed by atoms with Crippen molar-refractivity contribution in [3.63, 3.8) is 0 Å². The maximum Gasteiger partial charge on any atom is 0.335 e. The van der Waals surface area contributed by atoms with Gasteiger partial charge in [-0.05, 0) is 103 Å². The van der Waals surface area contributed by atoms with Crippen molar-refractivity contribution in [3.8, 4) is 0 Å². The molecule has 12 nitrogen and oxygen atoms in total. The highest BCUT2D eigenvalue weighted by atomic mass is 16.7. The third-order valence-corrected chi connectivity index (χ3v) is 13.1. The number of hydrogen-bond donors (Lipinski definition) is 3. The normalized spacial score (nSPS) is 18.7. The highest BCUT2D eigenvalue weighted by Crippen LogP contribution is 2.26. The second kappa shape index (κ2) is 52.3. The SMILES string of the molecule is CC/C=C\C/C=C\C/C=C\C/C=C\C/C=C\CC(=O)OCC(COC1OC(C(=O)O)C(O)C(O)C1OC(=O)CCCCCCCCC/C=C\C/C=C\CCCCC)OC(=O)CCCCCCC/C=C\CCCCCCCC. The zero-order valence-corrected chi connectivity index (χ0v) is 48.2. The van der Waals surface area contributed by atoms with E-state index in [0.29, 0.717) is 19.3 Å². The molecule has 1 aliphatic heterocycles. The fourth-order valence-corrected chi connectivity index (χ4v) is 8.52. The van der Waals surface area contributed by atoms with E-state index in [1.54, 1.807) is 6.08 Å². The van der Waals surface area contributed by atoms with E-state index in [-0.39, 0.29) is 25.9 Å². The van der Waals surface area contributed by atoms with Gasteiger partial charge in [-0.25, -0.2) is 4.79 Å². The number of carboxylic acid groups (broad SMARTS) is 1. The fraction of sp³-hybridized carbons (Fsp3) is 0.692. The van der Waals surface area contributed by atoms with Crippen LogP contribution in [0.5, 0.6) is 0 Å². The molecular weight excluding hydrogens is 973 g/mol. The van der Waals surface area contributed by atoms with Crippen molar-refractivity contribution in [2.75, 3.05) is 13.2 Å². The zero-order valence-electron chi connectivity index (χ0n) is 48.2. The maximum absolute atomic E-state index is 13.1. The smallest absolute Gasteiger partial charge is 0.335 e. The van der Waals surface area contributed by atoms with Crippen molar-refractivity contribution >= 4 is 23.9 Å². The Morgan fingerprint density at radius 1 is 0.455 bits per heavy atom. The third kappa shape index (κ3) is 42.3. The Morgan fingerprint density at radius 2 is 0.857 bits per heavy atom. The second-order valence-electron chi connectivity index (χ2n) is 20.3. The van der Waals surface area contributed by atoms with E-state index in [1.165, 1.54) is 57.8 Å². The Bertz CT molecular complexity index is 1710. The van der Waals surface area contributed by atoms with E-state index in [2.05, 4.69) is 99.8 Å². The molecule has 3 N–H and O–H groups in total. The van der Waals surface area contributed by atoms with Crippen LogP contribution in [0.4, 0.5) is 0 Å². The molecule has 6 unspecified atom stereocenters. The summed E-state index contributed by atoms with van der Waals surface area (Å²) in [5, 5.41) is 31.5. The number of rotatable bonds is 50. The van der Waals surface area contributed by atoms with Crippen LogP contribution >= 0.6 is 0 Å². The molecular formula is C65H106O12. The van der Waals surface area contributed by atoms with Crippen molar-refractivity contribution < 1.29 is 58.2 Å². The van der Waals surface area contributed by atoms with Crippen molar-refractivity contribution in [2.24, 2.45) is 0 Å². The minimum Gasteiger partial charge on any atom is -0.479 e. The van der Waals surface area contributed by atoms with Gasteiger partial charge in [0.2, 0.25) is 0 Å². The molecule has 0 aromatic rings. The van der Waals surface area contributed by atoms with Crippen LogP contribution in [-0.4, -0.2) is 89.2 Å². The van der Waals surface area contributed by atoms with Gasteiger partial charge in [0.05, 0.1) is 13.0 Å². The van der Waals surface area contributed by atoms with Crippen LogP contribution in [-0.2, 0) is 42.9 Å². The number of aliphatic hydroxyl groups is 2. The Morgan fingerprint density at radius 3 is 1.35 bits per heavy atom. The molecule has 1 rings (SSSR count). The number of carbonyl (C=O) groups is 4. The third-order valence-electron chi connectivity index (χ3n) is 13.1. The molecule has 0 spiro atoms. The predicted octanol–water partition coefficient (Wildman–Crippen LogP) is 15.7. The minimum atomic E-state index is -1.92. The Balaban J connectivity index is 2.75. The highest BCUT2D eigenvalue weighted by Gasteiger charge is 2.50. The van der Waals surface area contributed by atoms with Gasteiger partial charge < -0.3 is 39.0 Å². The van der Waals surface area contributed by atoms with Gasteiger partial charge in [-0.15, -0.1) is 0 Å². The van der Waals surface area contributed by atoms with Crippen LogP contribution in [0.1, 0.15) is 239 Å². The van der Waals surface area contributed by atoms with Gasteiger partial charge >= 0.3 is 23.9 Å². The first-order valence-electron chi connectivity index (χ1n) is 30.2. The summed E-state index contributed by atoms with van der Waals surface area (Å²) < 4.78 is 28.3. The van der Waals surface area contributed by atoms with Crippen LogP contribution < -0.4 is 0 Å². The monoisotopic (exact) mass is 1080 g/mol. The molecule has 0 saturated carbocycles. The van der Waals surface area contributed by atoms with Crippen molar-refractivity contribution in [2.45, 2.75) is 276 Å². The largest absolute Gasteiger partial charge is 0.479 e. The van der Waals surface area contributed by atoms with E-state index in [0.717, 1.165) is 122 Å². The number of allylic oxidation sites excluding steroid dienone is 15. The van der Waals surface area contributed by atoms with Gasteiger partial charge in [-0.1, -0.05) is 214 Å². The number of unbranched alkanes of at least 4 members (excludes halogenated alkanes) is 21. The first kappa shape index (κ1) is 70.7. The maximum atomic E-state index is 13.1. The number of aliphatic hydroxyl groups excluding tert-OH is 2. The summed E-state index contributed by atoms with van der Waals surface area (Å²) in [7, 11) is 0. The summed E-state index contributed by atoms with van der Waals surface area (Å²) in [6.07, 6.45) is 56.8. The average molecular weight is 1080 g/mol. The number of carboxylic acids is 1. The Kier molecular flexibility index (Phi) is 48.0. The van der Waals surface area contributed by atoms with Crippen LogP contribution in [0.3, 0.4) is 0 Å². The van der Waals surface area contributed by atoms with Crippen molar-refractivity contribution in [3.05, 3.63) is 97.2 Å². The summed E-state index contributed by atoms with van der Waals surface area (Å²) in [5.41, 5.74) is 0. The molecule has 12 heteroatoms. The molecule has 1 fully saturated rings. The summed E-state index contributed by atoms with van der Waals surface area (Å²) in [6, 6.07) is 0. The molecule has 0 aliphatic carbocycles. The number of esters is 3. The van der Waals surface area contributed by atoms with Crippen LogP contribution in [0.25, 0.3) is 0 Å². The molecule has 0 radical (unpaired) electrons. The second-order valence-corrected chi connectivity index (χ2v) is 20.3. The van der Waals surface area contributed by atoms with Gasteiger partial charge in [0, 0.05) is 12.8 Å². The average Bonchev–Trinajstić information content (AvgIpc) is 3.42. The molecule has 0 amide bonds. The molecule has 438 valence electrons. The van der Waals surface area contributed by atoms with Gasteiger partial charge in [0.15, 0.2) is 24.6 Å². The lowest BCUT2D eigenvalue weighted by molar-refractivity contribution is -0.301. The molecule has 0 aromatic carbocycles. The lowest BCUT2D eigenvalue weighted by Crippen LogP contribution is -2.61. The molecule has 0 bridgehead atoms. The van der Waals surface area contributed by atoms with E-state index in [9.17, 15) is 34.5 Å². The first-order valence-corrected chi connectivity index (χ1v) is 30.2. The lowest BCUT2D eigenvalue weighted by atomic mass is 9.98. The number of hydrogen-bond acceptors (Lipinski definition) is 11. The first-order chi connectivity index (χ1) is 37.6. The standard InChI is InChI=1S/C65H106O12/c1-4-7-10-13-16-19-22-25-28-29-32-35-38-41-44-47-50-53-59(68)76-63-61(70)60(69)62(64(71)72)77-65(63)74-55-56(75-58(67)52-49-46-43-40-37-34-31-27-24-21-18-15-12-9-6-3)54-73-57(66)51-48-45-42-39-36-33-30-26-23-20-17-14-11-8-5-2/h8,11,16-17,19-20,25-28,30-31,36,39,45,48,56,60-63,65,69-70H,4-7,9-10,12-15,18,21-24,29,32-35,37-38,40-44,46-47,49-55H2,1-3H3,(H,71,72)/b11-8-,19-16-,20-17-,28-25-,30-26-,31-27-,39-36-,48-45-. The van der Waals surface area contributed by atoms with E-state index in [1.807, 2.05) is 12.2 Å². The van der Waals surface area contributed by atoms with Crippen molar-refractivity contribution in [1.29, 1.82) is 0 Å². The predicted molar refractivity (Wildman–Crippen MR) is 312 cm³/mol. The van der Waals surface area contributed by atoms with Gasteiger partial charge in [0.25, 0.3) is 0 Å². The molecule has 77 heavy (non-hydrogen) atoms. The topological polar surface area (TPSA) is 175 Å². The van der Waals surface area contributed by atoms with E-state index >= 15 is 0 Å². The molecule has 0 aromatic heterocycles. The molecule has 1 saturated heterocycles. The minimum absolute atomic E-state index is 0.0202. The van der Waals surface area contributed by atoms with E-state index < -0.39 is 67.3 Å². The fourth-order valence-electron chi connectivity index (χ4n) is 8.52. The van der Waals surface area contributed by atoms with Gasteiger partial charge in [0.1, 0.15) is 18.8 Å². The molecule has 1 heterocycles. The summed E-state index contributed by atoms with van der Waals surface area (Å²) in [4.78, 5) is 51.1. The highest BCUT2D eigenvalue weighted by molar-refractivity contribution is 5.74. The summed E-state index contributed by atoms with van der Waals surface area (Å²) >= 11 is 0. The van der Waals surface area contributed by atoms with Gasteiger partial charge in [-0.2, -0.15) is 0 Å². The van der Waals surface area contributed by atoms with Gasteiger partial charge in [-0.3, -0.25) is 14.4 Å². The van der Waals surface area contributed by atoms with E-state index in [4.69, 9.17) is 23.7 Å². The van der Waals surface area contributed by atoms with Crippen LogP contribution in [0.2, 0.25) is 0 Å². The zero-order chi connectivity index (χ0) is 56.1. The Labute approximate surface area is 466 Å². The lowest BCUT2D eigenvalue weighted by Gasteiger charge is -2.40. The summed E-state index contributed by atoms with van der Waals surface area (Å²) in [6.45, 7) is 5.75. The number of ether oxygens (including phenoxy) is 5.